The van der Waals surface area contributed by atoms with Crippen molar-refractivity contribution < 1.29 is 77.7 Å². The molecule has 0 unspecified atom stereocenters. The van der Waals surface area contributed by atoms with Gasteiger partial charge in [-0.25, -0.2) is 0 Å². The van der Waals surface area contributed by atoms with Crippen LogP contribution in [0.3, 0.4) is 0 Å². The van der Waals surface area contributed by atoms with Crippen molar-refractivity contribution in [1.29, 1.82) is 0 Å². The molecule has 0 amide bonds. The Bertz CT molecular complexity index is 987. The molecule has 0 atom stereocenters. The number of hydrogen-bond acceptors (Lipinski definition) is 1. The summed E-state index contributed by atoms with van der Waals surface area (Å²) in [5.41, 5.74) is -4.64. The third-order valence-corrected chi connectivity index (χ3v) is 8.12. The lowest BCUT2D eigenvalue weighted by molar-refractivity contribution is 0.323. The monoisotopic (exact) mass is 625 g/mol. The zero-order chi connectivity index (χ0) is 27.8. The average molecular weight is 625 g/mol. The van der Waals surface area contributed by atoms with Crippen LogP contribution in [0.25, 0.3) is 0 Å². The fourth-order valence-corrected chi connectivity index (χ4v) is 8.09. The molecular formula is C8H7F20NS4. The molecule has 0 aliphatic carbocycles. The lowest BCUT2D eigenvalue weighted by atomic mass is 10.3. The highest BCUT2D eigenvalue weighted by Crippen LogP contribution is 3.14. The highest BCUT2D eigenvalue weighted by molar-refractivity contribution is 8.49. The first-order valence-electron chi connectivity index (χ1n) is 6.60. The molecule has 0 spiro atoms. The summed E-state index contributed by atoms with van der Waals surface area (Å²) in [4.78, 5) is -24.0. The van der Waals surface area contributed by atoms with Gasteiger partial charge in [0.25, 0.3) is 0 Å². The fourth-order valence-electron chi connectivity index (χ4n) is 2.31. The Balaban J connectivity index is 5.19. The van der Waals surface area contributed by atoms with Gasteiger partial charge in [-0.2, -0.15) is 0 Å². The Labute approximate surface area is 169 Å². The fraction of sp³-hybridized carbons (Fsp3) is 0.250. The lowest BCUT2D eigenvalue weighted by Gasteiger charge is -2.54. The second-order valence-corrected chi connectivity index (χ2v) is 16.1. The van der Waals surface area contributed by atoms with Crippen LogP contribution in [0.1, 0.15) is 0 Å². The third kappa shape index (κ3) is 6.58. The van der Waals surface area contributed by atoms with E-state index in [9.17, 15) is 77.7 Å². The Morgan fingerprint density at radius 3 is 0.758 bits per heavy atom. The molecule has 0 fully saturated rings. The number of hydrogen-bond donors (Lipinski definition) is 0. The van der Waals surface area contributed by atoms with Gasteiger partial charge < -0.3 is 4.90 Å². The summed E-state index contributed by atoms with van der Waals surface area (Å²) in [5, 5.41) is 0. The maximum Gasteiger partial charge on any atom is 0.313 e. The lowest BCUT2D eigenvalue weighted by Crippen LogP contribution is -2.27. The first-order chi connectivity index (χ1) is 12.7. The molecule has 1 nitrogen and oxygen atoms in total. The van der Waals surface area contributed by atoms with Crippen molar-refractivity contribution in [3.63, 3.8) is 0 Å². The van der Waals surface area contributed by atoms with Gasteiger partial charge in [-0.3, -0.25) is 0 Å². The van der Waals surface area contributed by atoms with E-state index < -0.39 is 91.2 Å². The van der Waals surface area contributed by atoms with Crippen molar-refractivity contribution in [3.8, 4) is 0 Å². The van der Waals surface area contributed by atoms with Gasteiger partial charge in [0.15, 0.2) is 9.79 Å². The Kier molecular flexibility index (Phi) is 4.18. The quantitative estimate of drug-likeness (QED) is 0.295. The third-order valence-electron chi connectivity index (χ3n) is 3.19. The summed E-state index contributed by atoms with van der Waals surface area (Å²) in [6.45, 7) is 0. The molecular weight excluding hydrogens is 618 g/mol. The normalized spacial score (nSPS) is 23.0. The molecule has 0 aromatic heterocycles. The molecule has 33 heavy (non-hydrogen) atoms. The first kappa shape index (κ1) is 30.1. The molecule has 0 saturated heterocycles. The Hall–Kier alpha value is -0.980. The topological polar surface area (TPSA) is 3.24 Å². The maximum absolute atomic E-state index is 13.2. The smallest absolute Gasteiger partial charge is 0.313 e. The number of anilines is 1. The van der Waals surface area contributed by atoms with Crippen LogP contribution in [0.15, 0.2) is 25.6 Å². The van der Waals surface area contributed by atoms with Gasteiger partial charge in [-0.15, -0.1) is 0 Å². The second kappa shape index (κ2) is 4.59. The predicted octanol–water partition coefficient (Wildman–Crippen LogP) is 12.4. The van der Waals surface area contributed by atoms with E-state index in [1.807, 2.05) is 0 Å². The number of rotatable bonds is 5. The molecule has 0 bridgehead atoms. The van der Waals surface area contributed by atoms with Crippen LogP contribution in [0.2, 0.25) is 0 Å². The van der Waals surface area contributed by atoms with Crippen LogP contribution < -0.4 is 4.90 Å². The average Bonchev–Trinajstić information content (AvgIpc) is 2.24. The molecule has 0 aliphatic rings. The molecule has 0 aliphatic heterocycles. The summed E-state index contributed by atoms with van der Waals surface area (Å²) in [6.07, 6.45) is 0. The van der Waals surface area contributed by atoms with Crippen LogP contribution in [0.4, 0.5) is 83.4 Å². The molecule has 208 valence electrons. The van der Waals surface area contributed by atoms with E-state index in [0.29, 0.717) is 0 Å². The van der Waals surface area contributed by atoms with E-state index in [1.54, 1.807) is 0 Å². The predicted molar refractivity (Wildman–Crippen MR) is 86.4 cm³/mol. The summed E-state index contributed by atoms with van der Waals surface area (Å²) >= 11 is 0. The minimum atomic E-state index is -12.8. The van der Waals surface area contributed by atoms with Crippen molar-refractivity contribution in [1.82, 2.24) is 0 Å². The second-order valence-electron chi connectivity index (χ2n) is 6.65. The largest absolute Gasteiger partial charge is 0.375 e. The molecule has 0 saturated carbocycles. The summed E-state index contributed by atoms with van der Waals surface area (Å²) < 4.78 is 263. The molecule has 1 rings (SSSR count). The van der Waals surface area contributed by atoms with Crippen molar-refractivity contribution in [3.05, 3.63) is 6.07 Å². The van der Waals surface area contributed by atoms with Crippen LogP contribution in [0, 0.1) is 0 Å². The van der Waals surface area contributed by atoms with Gasteiger partial charge >= 0.3 is 40.9 Å². The summed E-state index contributed by atoms with van der Waals surface area (Å²) in [7, 11) is -52.2. The molecule has 0 N–H and O–H groups in total. The van der Waals surface area contributed by atoms with E-state index in [4.69, 9.17) is 0 Å². The van der Waals surface area contributed by atoms with Crippen molar-refractivity contribution in [2.24, 2.45) is 0 Å². The Morgan fingerprint density at radius 2 is 0.636 bits per heavy atom. The van der Waals surface area contributed by atoms with Crippen LogP contribution >= 0.6 is 40.9 Å². The van der Waals surface area contributed by atoms with Crippen molar-refractivity contribution in [2.75, 3.05) is 19.0 Å². The maximum atomic E-state index is 13.2. The van der Waals surface area contributed by atoms with E-state index in [1.165, 1.54) is 0 Å². The summed E-state index contributed by atoms with van der Waals surface area (Å²) in [5.74, 6) is 0. The van der Waals surface area contributed by atoms with Crippen molar-refractivity contribution >= 4 is 46.6 Å². The van der Waals surface area contributed by atoms with Crippen LogP contribution in [0.5, 0.6) is 0 Å². The van der Waals surface area contributed by atoms with Crippen molar-refractivity contribution in [2.45, 2.75) is 19.6 Å². The zero-order valence-corrected chi connectivity index (χ0v) is 18.0. The van der Waals surface area contributed by atoms with E-state index in [0.717, 1.165) is 0 Å². The van der Waals surface area contributed by atoms with Gasteiger partial charge in [0.05, 0.1) is 5.69 Å². The number of nitrogens with zero attached hydrogens (tertiary/aromatic N) is 1. The van der Waals surface area contributed by atoms with E-state index >= 15 is 0 Å². The number of benzene rings is 1. The molecule has 1 aromatic carbocycles. The van der Waals surface area contributed by atoms with Crippen LogP contribution in [-0.2, 0) is 0 Å². The van der Waals surface area contributed by atoms with Gasteiger partial charge in [0, 0.05) is 14.1 Å². The summed E-state index contributed by atoms with van der Waals surface area (Å²) in [6, 6.07) is -3.41. The van der Waals surface area contributed by atoms with Crippen LogP contribution in [-0.4, -0.2) is 14.1 Å². The Morgan fingerprint density at radius 1 is 0.424 bits per heavy atom. The molecule has 0 heterocycles. The minimum absolute atomic E-state index is 0.598. The molecule has 0 radical (unpaired) electrons. The van der Waals surface area contributed by atoms with Gasteiger partial charge in [0.2, 0.25) is 0 Å². The zero-order valence-electron chi connectivity index (χ0n) is 14.7. The molecule has 25 heteroatoms. The first-order valence-corrected chi connectivity index (χ1v) is 14.4. The van der Waals surface area contributed by atoms with E-state index in [2.05, 4.69) is 0 Å². The van der Waals surface area contributed by atoms with Gasteiger partial charge in [-0.1, -0.05) is 77.7 Å². The van der Waals surface area contributed by atoms with E-state index in [-0.39, 0.29) is 0 Å². The van der Waals surface area contributed by atoms with Gasteiger partial charge in [-0.05, 0) is 6.07 Å². The minimum Gasteiger partial charge on any atom is -0.375 e. The highest BCUT2D eigenvalue weighted by atomic mass is 32.5. The highest BCUT2D eigenvalue weighted by Gasteiger charge is 2.82. The standard InChI is InChI=1S/C8H7F20NS4/c1-29(2)6-7(32(19,20,21,22)23)4(30(9,10,11,12)13)3-5(31(14,15,16,17)18)8(6)33(24,25,26,27)28/h3H,1-2H3. The molecule has 1 aromatic rings. The number of halogens is 20. The SMILES string of the molecule is CN(C)c1c(S(F)(F)(F)(F)F)c(S(F)(F)(F)(F)F)cc(S(F)(F)(F)(F)F)c1S(F)(F)(F)(F)F. The van der Waals surface area contributed by atoms with Gasteiger partial charge in [0.1, 0.15) is 9.79 Å².